The summed E-state index contributed by atoms with van der Waals surface area (Å²) in [4.78, 5) is 7.77. The van der Waals surface area contributed by atoms with Gasteiger partial charge in [-0.3, -0.25) is 0 Å². The van der Waals surface area contributed by atoms with Gasteiger partial charge in [0.05, 0.1) is 11.8 Å². The van der Waals surface area contributed by atoms with Crippen molar-refractivity contribution in [2.75, 3.05) is 0 Å². The first-order valence-electron chi connectivity index (χ1n) is 5.19. The molecule has 0 aliphatic heterocycles. The van der Waals surface area contributed by atoms with Gasteiger partial charge in [0.1, 0.15) is 11.2 Å². The smallest absolute Gasteiger partial charge is 0.127 e. The summed E-state index contributed by atoms with van der Waals surface area (Å²) < 4.78 is 0. The van der Waals surface area contributed by atoms with Crippen molar-refractivity contribution in [1.82, 2.24) is 9.97 Å². The fourth-order valence-corrected chi connectivity index (χ4v) is 2.00. The summed E-state index contributed by atoms with van der Waals surface area (Å²) in [6.45, 7) is 4.12. The van der Waals surface area contributed by atoms with Crippen LogP contribution in [0.1, 0.15) is 43.4 Å². The molecule has 0 atom stereocenters. The number of nitrogens with one attached hydrogen (secondary N) is 1. The predicted molar refractivity (Wildman–Crippen MR) is 53.8 cm³/mol. The van der Waals surface area contributed by atoms with Gasteiger partial charge in [0, 0.05) is 5.69 Å². The molecule has 0 bridgehead atoms. The zero-order valence-corrected chi connectivity index (χ0v) is 8.72. The van der Waals surface area contributed by atoms with Crippen LogP contribution in [0.2, 0.25) is 0 Å². The van der Waals surface area contributed by atoms with Crippen LogP contribution >= 0.6 is 0 Å². The summed E-state index contributed by atoms with van der Waals surface area (Å²) in [7, 11) is 0. The highest BCUT2D eigenvalue weighted by Gasteiger charge is 2.41. The maximum absolute atomic E-state index is 9.15. The fraction of sp³-hybridized carbons (Fsp3) is 0.636. The number of H-pyrrole nitrogens is 1. The van der Waals surface area contributed by atoms with E-state index in [9.17, 15) is 0 Å². The predicted octanol–water partition coefficient (Wildman–Crippen LogP) is 2.23. The molecule has 1 aliphatic rings. The lowest BCUT2D eigenvalue weighted by atomic mass is 9.69. The summed E-state index contributed by atoms with van der Waals surface area (Å²) in [5.41, 5.74) is 1.92. The molecule has 1 aliphatic carbocycles. The molecular weight excluding hydrogens is 174 g/mol. The molecule has 1 saturated carbocycles. The van der Waals surface area contributed by atoms with Crippen molar-refractivity contribution in [3.05, 3.63) is 17.2 Å². The molecule has 0 saturated heterocycles. The van der Waals surface area contributed by atoms with E-state index in [0.29, 0.717) is 0 Å². The van der Waals surface area contributed by atoms with Crippen LogP contribution in [0, 0.1) is 18.3 Å². The molecule has 1 heterocycles. The van der Waals surface area contributed by atoms with Gasteiger partial charge in [0.25, 0.3) is 0 Å². The Labute approximate surface area is 84.2 Å². The number of nitrogens with zero attached hydrogens (tertiary/aromatic N) is 2. The molecule has 3 nitrogen and oxygen atoms in total. The van der Waals surface area contributed by atoms with E-state index in [1.807, 2.05) is 6.92 Å². The Morgan fingerprint density at radius 1 is 1.57 bits per heavy atom. The standard InChI is InChI=1S/C11H15N3/c1-3-9-8(2)13-10(14-9)11(7-12)5-4-6-11/h3-6H2,1-2H3,(H,13,14). The Morgan fingerprint density at radius 2 is 2.29 bits per heavy atom. The molecule has 3 heteroatoms. The second kappa shape index (κ2) is 3.13. The minimum atomic E-state index is -0.293. The van der Waals surface area contributed by atoms with Gasteiger partial charge in [-0.1, -0.05) is 6.92 Å². The highest BCUT2D eigenvalue weighted by molar-refractivity contribution is 5.28. The van der Waals surface area contributed by atoms with Gasteiger partial charge >= 0.3 is 0 Å². The molecular formula is C11H15N3. The van der Waals surface area contributed by atoms with Gasteiger partial charge in [-0.2, -0.15) is 5.26 Å². The van der Waals surface area contributed by atoms with Crippen LogP contribution in [-0.2, 0) is 11.8 Å². The largest absolute Gasteiger partial charge is 0.345 e. The first-order chi connectivity index (χ1) is 6.72. The maximum atomic E-state index is 9.15. The molecule has 1 aromatic rings. The Morgan fingerprint density at radius 3 is 2.64 bits per heavy atom. The van der Waals surface area contributed by atoms with Gasteiger partial charge in [0.15, 0.2) is 0 Å². The highest BCUT2D eigenvalue weighted by Crippen LogP contribution is 2.41. The van der Waals surface area contributed by atoms with Crippen molar-refractivity contribution in [2.24, 2.45) is 0 Å². The van der Waals surface area contributed by atoms with E-state index in [1.165, 1.54) is 0 Å². The first kappa shape index (κ1) is 9.26. The van der Waals surface area contributed by atoms with Crippen molar-refractivity contribution in [1.29, 1.82) is 5.26 Å². The van der Waals surface area contributed by atoms with Crippen LogP contribution in [0.15, 0.2) is 0 Å². The fourth-order valence-electron chi connectivity index (χ4n) is 2.00. The van der Waals surface area contributed by atoms with E-state index in [-0.39, 0.29) is 5.41 Å². The van der Waals surface area contributed by atoms with Crippen molar-refractivity contribution in [2.45, 2.75) is 44.9 Å². The molecule has 0 amide bonds. The number of rotatable bonds is 2. The number of aromatic nitrogens is 2. The summed E-state index contributed by atoms with van der Waals surface area (Å²) in [6, 6.07) is 2.40. The summed E-state index contributed by atoms with van der Waals surface area (Å²) >= 11 is 0. The topological polar surface area (TPSA) is 52.5 Å². The van der Waals surface area contributed by atoms with E-state index in [0.717, 1.165) is 42.9 Å². The third-order valence-electron chi connectivity index (χ3n) is 3.19. The molecule has 0 spiro atoms. The van der Waals surface area contributed by atoms with Gasteiger partial charge in [-0.05, 0) is 32.6 Å². The number of imidazole rings is 1. The van der Waals surface area contributed by atoms with Crippen molar-refractivity contribution in [3.63, 3.8) is 0 Å². The van der Waals surface area contributed by atoms with Gasteiger partial charge < -0.3 is 4.98 Å². The number of hydrogen-bond donors (Lipinski definition) is 1. The average molecular weight is 189 g/mol. The molecule has 74 valence electrons. The quantitative estimate of drug-likeness (QED) is 0.775. The second-order valence-corrected chi connectivity index (χ2v) is 4.06. The van der Waals surface area contributed by atoms with Crippen molar-refractivity contribution >= 4 is 0 Å². The number of hydrogen-bond acceptors (Lipinski definition) is 2. The zero-order chi connectivity index (χ0) is 10.2. The van der Waals surface area contributed by atoms with Crippen LogP contribution in [0.4, 0.5) is 0 Å². The molecule has 1 aromatic heterocycles. The molecule has 1 fully saturated rings. The van der Waals surface area contributed by atoms with Gasteiger partial charge in [0.2, 0.25) is 0 Å². The molecule has 0 radical (unpaired) electrons. The van der Waals surface area contributed by atoms with Crippen molar-refractivity contribution in [3.8, 4) is 6.07 Å². The maximum Gasteiger partial charge on any atom is 0.127 e. The van der Waals surface area contributed by atoms with E-state index >= 15 is 0 Å². The van der Waals surface area contributed by atoms with Crippen LogP contribution < -0.4 is 0 Å². The van der Waals surface area contributed by atoms with E-state index in [4.69, 9.17) is 5.26 Å². The Kier molecular flexibility index (Phi) is 2.07. The van der Waals surface area contributed by atoms with E-state index in [1.54, 1.807) is 0 Å². The minimum Gasteiger partial charge on any atom is -0.345 e. The SMILES string of the molecule is CCc1nc(C2(C#N)CCC2)[nH]c1C. The van der Waals surface area contributed by atoms with E-state index < -0.39 is 0 Å². The Bertz CT molecular complexity index is 380. The lowest BCUT2D eigenvalue weighted by Gasteiger charge is -2.32. The average Bonchev–Trinajstić information content (AvgIpc) is 2.46. The third kappa shape index (κ3) is 1.14. The van der Waals surface area contributed by atoms with Gasteiger partial charge in [-0.25, -0.2) is 4.98 Å². The Balaban J connectivity index is 2.37. The monoisotopic (exact) mass is 189 g/mol. The van der Waals surface area contributed by atoms with Crippen LogP contribution in [0.3, 0.4) is 0 Å². The normalized spacial score (nSPS) is 18.6. The summed E-state index contributed by atoms with van der Waals surface area (Å²) in [5, 5.41) is 9.15. The van der Waals surface area contributed by atoms with Crippen molar-refractivity contribution < 1.29 is 0 Å². The second-order valence-electron chi connectivity index (χ2n) is 4.06. The number of aryl methyl sites for hydroxylation is 2. The molecule has 0 aromatic carbocycles. The molecule has 2 rings (SSSR count). The Hall–Kier alpha value is -1.30. The minimum absolute atomic E-state index is 0.293. The van der Waals surface area contributed by atoms with Crippen LogP contribution in [-0.4, -0.2) is 9.97 Å². The zero-order valence-electron chi connectivity index (χ0n) is 8.72. The first-order valence-corrected chi connectivity index (χ1v) is 5.19. The lowest BCUT2D eigenvalue weighted by Crippen LogP contribution is -2.33. The summed E-state index contributed by atoms with van der Waals surface area (Å²) in [5.74, 6) is 0.889. The third-order valence-corrected chi connectivity index (χ3v) is 3.19. The highest BCUT2D eigenvalue weighted by atomic mass is 15.0. The number of aromatic amines is 1. The van der Waals surface area contributed by atoms with E-state index in [2.05, 4.69) is 23.0 Å². The summed E-state index contributed by atoms with van der Waals surface area (Å²) in [6.07, 6.45) is 4.00. The van der Waals surface area contributed by atoms with Crippen LogP contribution in [0.25, 0.3) is 0 Å². The molecule has 14 heavy (non-hydrogen) atoms. The lowest BCUT2D eigenvalue weighted by molar-refractivity contribution is 0.309. The van der Waals surface area contributed by atoms with Crippen LogP contribution in [0.5, 0.6) is 0 Å². The van der Waals surface area contributed by atoms with Gasteiger partial charge in [-0.15, -0.1) is 0 Å². The number of nitriles is 1. The molecule has 1 N–H and O–H groups in total. The molecule has 0 unspecified atom stereocenters.